The van der Waals surface area contributed by atoms with E-state index in [2.05, 4.69) is 21.2 Å². The van der Waals surface area contributed by atoms with Crippen LogP contribution in [0.3, 0.4) is 0 Å². The lowest BCUT2D eigenvalue weighted by atomic mass is 10.1. The first kappa shape index (κ1) is 14.9. The number of nitrogens with one attached hydrogen (secondary N) is 1. The van der Waals surface area contributed by atoms with Gasteiger partial charge in [0, 0.05) is 15.2 Å². The number of hydrogen-bond acceptors (Lipinski definition) is 1. The molecule has 104 valence electrons. The second kappa shape index (κ2) is 5.89. The zero-order chi connectivity index (χ0) is 14.9. The molecule has 0 atom stereocenters. The van der Waals surface area contributed by atoms with Crippen LogP contribution in [0.4, 0.5) is 14.5 Å². The van der Waals surface area contributed by atoms with E-state index < -0.39 is 23.1 Å². The quantitative estimate of drug-likeness (QED) is 0.807. The van der Waals surface area contributed by atoms with Gasteiger partial charge in [0.05, 0.1) is 0 Å². The molecule has 0 aliphatic rings. The van der Waals surface area contributed by atoms with Gasteiger partial charge in [0.1, 0.15) is 17.2 Å². The van der Waals surface area contributed by atoms with E-state index in [0.717, 1.165) is 12.1 Å². The lowest BCUT2D eigenvalue weighted by Gasteiger charge is -2.10. The maximum absolute atomic E-state index is 13.7. The molecule has 0 radical (unpaired) electrons. The summed E-state index contributed by atoms with van der Waals surface area (Å²) in [6, 6.07) is 6.96. The van der Waals surface area contributed by atoms with Crippen molar-refractivity contribution in [2.45, 2.75) is 6.92 Å². The summed E-state index contributed by atoms with van der Waals surface area (Å²) in [6.07, 6.45) is 0. The lowest BCUT2D eigenvalue weighted by molar-refractivity contribution is 0.101. The van der Waals surface area contributed by atoms with Crippen LogP contribution in [0.5, 0.6) is 0 Å². The summed E-state index contributed by atoms with van der Waals surface area (Å²) in [5.74, 6) is -2.74. The van der Waals surface area contributed by atoms with E-state index in [9.17, 15) is 13.6 Å². The molecule has 0 bridgehead atoms. The van der Waals surface area contributed by atoms with E-state index >= 15 is 0 Å². The third-order valence-electron chi connectivity index (χ3n) is 2.75. The Labute approximate surface area is 127 Å². The Morgan fingerprint density at radius 1 is 1.25 bits per heavy atom. The molecule has 0 spiro atoms. The highest BCUT2D eigenvalue weighted by atomic mass is 79.9. The molecule has 2 nitrogen and oxygen atoms in total. The SMILES string of the molecule is Cc1c(Cl)cccc1NC(=O)c1c(F)cc(Br)cc1F. The number of carbonyl (C=O) groups excluding carboxylic acids is 1. The first-order chi connectivity index (χ1) is 9.40. The van der Waals surface area contributed by atoms with Gasteiger partial charge in [-0.1, -0.05) is 33.6 Å². The van der Waals surface area contributed by atoms with E-state index in [1.165, 1.54) is 0 Å². The summed E-state index contributed by atoms with van der Waals surface area (Å²) in [5.41, 5.74) is 0.400. The standard InChI is InChI=1S/C14H9BrClF2NO/c1-7-9(16)3-2-4-12(7)19-14(20)13-10(17)5-8(15)6-11(13)18/h2-6H,1H3,(H,19,20). The third-order valence-corrected chi connectivity index (χ3v) is 3.62. The van der Waals surface area contributed by atoms with E-state index in [-0.39, 0.29) is 4.47 Å². The van der Waals surface area contributed by atoms with Crippen molar-refractivity contribution >= 4 is 39.1 Å². The molecule has 0 aliphatic heterocycles. The van der Waals surface area contributed by atoms with E-state index in [4.69, 9.17) is 11.6 Å². The van der Waals surface area contributed by atoms with Crippen molar-refractivity contribution in [1.82, 2.24) is 0 Å². The number of hydrogen-bond donors (Lipinski definition) is 1. The topological polar surface area (TPSA) is 29.1 Å². The lowest BCUT2D eigenvalue weighted by Crippen LogP contribution is -2.16. The van der Waals surface area contributed by atoms with Crippen LogP contribution in [-0.4, -0.2) is 5.91 Å². The number of benzene rings is 2. The Bertz CT molecular complexity index is 668. The summed E-state index contributed by atoms with van der Waals surface area (Å²) in [4.78, 5) is 12.0. The van der Waals surface area contributed by atoms with Crippen LogP contribution in [0.1, 0.15) is 15.9 Å². The number of carbonyl (C=O) groups is 1. The van der Waals surface area contributed by atoms with E-state index in [1.54, 1.807) is 25.1 Å². The van der Waals surface area contributed by atoms with Crippen LogP contribution in [0.25, 0.3) is 0 Å². The smallest absolute Gasteiger partial charge is 0.261 e. The highest BCUT2D eigenvalue weighted by Crippen LogP contribution is 2.25. The van der Waals surface area contributed by atoms with E-state index in [1.807, 2.05) is 0 Å². The molecular formula is C14H9BrClF2NO. The molecule has 0 saturated heterocycles. The molecule has 2 rings (SSSR count). The zero-order valence-electron chi connectivity index (χ0n) is 10.3. The minimum Gasteiger partial charge on any atom is -0.322 e. The van der Waals surface area contributed by atoms with Crippen LogP contribution in [0, 0.1) is 18.6 Å². The fraction of sp³-hybridized carbons (Fsp3) is 0.0714. The number of halogens is 4. The van der Waals surface area contributed by atoms with E-state index in [0.29, 0.717) is 16.3 Å². The van der Waals surface area contributed by atoms with Crippen molar-refractivity contribution in [3.8, 4) is 0 Å². The molecule has 20 heavy (non-hydrogen) atoms. The van der Waals surface area contributed by atoms with Gasteiger partial charge in [-0.05, 0) is 36.8 Å². The Kier molecular flexibility index (Phi) is 4.40. The van der Waals surface area contributed by atoms with Gasteiger partial charge >= 0.3 is 0 Å². The van der Waals surface area contributed by atoms with Crippen molar-refractivity contribution in [3.63, 3.8) is 0 Å². The second-order valence-electron chi connectivity index (χ2n) is 4.11. The summed E-state index contributed by atoms with van der Waals surface area (Å²) in [7, 11) is 0. The molecule has 1 N–H and O–H groups in total. The Hall–Kier alpha value is -1.46. The minimum atomic E-state index is -0.936. The van der Waals surface area contributed by atoms with Gasteiger partial charge in [0.15, 0.2) is 0 Å². The molecule has 6 heteroatoms. The predicted molar refractivity (Wildman–Crippen MR) is 78.2 cm³/mol. The highest BCUT2D eigenvalue weighted by molar-refractivity contribution is 9.10. The van der Waals surface area contributed by atoms with Crippen LogP contribution in [-0.2, 0) is 0 Å². The molecule has 0 unspecified atom stereocenters. The summed E-state index contributed by atoms with van der Waals surface area (Å²) >= 11 is 8.88. The van der Waals surface area contributed by atoms with Gasteiger partial charge in [-0.2, -0.15) is 0 Å². The van der Waals surface area contributed by atoms with Gasteiger partial charge < -0.3 is 5.32 Å². The maximum atomic E-state index is 13.7. The monoisotopic (exact) mass is 359 g/mol. The maximum Gasteiger partial charge on any atom is 0.261 e. The van der Waals surface area contributed by atoms with Crippen LogP contribution in [0.15, 0.2) is 34.8 Å². The first-order valence-corrected chi connectivity index (χ1v) is 6.78. The van der Waals surface area contributed by atoms with Crippen molar-refractivity contribution in [2.75, 3.05) is 5.32 Å². The van der Waals surface area contributed by atoms with Gasteiger partial charge in [0.2, 0.25) is 0 Å². The molecule has 0 aliphatic carbocycles. The Balaban J connectivity index is 2.36. The minimum absolute atomic E-state index is 0.225. The average Bonchev–Trinajstić information content (AvgIpc) is 2.33. The summed E-state index contributed by atoms with van der Waals surface area (Å²) < 4.78 is 27.6. The number of rotatable bonds is 2. The summed E-state index contributed by atoms with van der Waals surface area (Å²) in [5, 5.41) is 2.91. The molecule has 2 aromatic carbocycles. The molecule has 0 saturated carbocycles. The third kappa shape index (κ3) is 2.99. The van der Waals surface area contributed by atoms with Crippen LogP contribution >= 0.6 is 27.5 Å². The fourth-order valence-corrected chi connectivity index (χ4v) is 2.26. The Morgan fingerprint density at radius 2 is 1.85 bits per heavy atom. The van der Waals surface area contributed by atoms with Crippen LogP contribution in [0.2, 0.25) is 5.02 Å². The molecule has 1 amide bonds. The number of amides is 1. The van der Waals surface area contributed by atoms with Crippen molar-refractivity contribution in [2.24, 2.45) is 0 Å². The second-order valence-corrected chi connectivity index (χ2v) is 5.43. The largest absolute Gasteiger partial charge is 0.322 e. The normalized spacial score (nSPS) is 10.4. The highest BCUT2D eigenvalue weighted by Gasteiger charge is 2.19. The fourth-order valence-electron chi connectivity index (χ4n) is 1.69. The van der Waals surface area contributed by atoms with Crippen molar-refractivity contribution in [1.29, 1.82) is 0 Å². The molecule has 0 fully saturated rings. The molecule has 0 heterocycles. The van der Waals surface area contributed by atoms with Gasteiger partial charge in [-0.25, -0.2) is 8.78 Å². The van der Waals surface area contributed by atoms with Crippen LogP contribution < -0.4 is 5.32 Å². The summed E-state index contributed by atoms with van der Waals surface area (Å²) in [6.45, 7) is 1.70. The van der Waals surface area contributed by atoms with Gasteiger partial charge in [-0.3, -0.25) is 4.79 Å². The average molecular weight is 361 g/mol. The van der Waals surface area contributed by atoms with Gasteiger partial charge in [-0.15, -0.1) is 0 Å². The number of anilines is 1. The Morgan fingerprint density at radius 3 is 2.45 bits per heavy atom. The molecule has 2 aromatic rings. The molecular weight excluding hydrogens is 352 g/mol. The predicted octanol–water partition coefficient (Wildman–Crippen LogP) is 4.94. The first-order valence-electron chi connectivity index (χ1n) is 5.61. The zero-order valence-corrected chi connectivity index (χ0v) is 12.6. The van der Waals surface area contributed by atoms with Crippen molar-refractivity contribution in [3.05, 3.63) is 62.6 Å². The van der Waals surface area contributed by atoms with Crippen molar-refractivity contribution < 1.29 is 13.6 Å². The molecule has 0 aromatic heterocycles. The van der Waals surface area contributed by atoms with Gasteiger partial charge in [0.25, 0.3) is 5.91 Å².